The summed E-state index contributed by atoms with van der Waals surface area (Å²) in [5.74, 6) is -1.52. The van der Waals surface area contributed by atoms with E-state index in [9.17, 15) is 24.6 Å². The van der Waals surface area contributed by atoms with Gasteiger partial charge in [0.15, 0.2) is 17.0 Å². The van der Waals surface area contributed by atoms with E-state index in [4.69, 9.17) is 9.15 Å². The number of methoxy groups -OCH3 is 1. The van der Waals surface area contributed by atoms with Gasteiger partial charge in [-0.2, -0.15) is 0 Å². The van der Waals surface area contributed by atoms with Gasteiger partial charge in [0.05, 0.1) is 30.0 Å². The van der Waals surface area contributed by atoms with Crippen LogP contribution in [0.3, 0.4) is 0 Å². The molecule has 3 aromatic rings. The first kappa shape index (κ1) is 19.3. The van der Waals surface area contributed by atoms with Gasteiger partial charge in [0.1, 0.15) is 28.1 Å². The number of benzene rings is 2. The van der Waals surface area contributed by atoms with E-state index in [-0.39, 0.29) is 38.8 Å². The van der Waals surface area contributed by atoms with Crippen LogP contribution in [-0.2, 0) is 15.1 Å². The van der Waals surface area contributed by atoms with Gasteiger partial charge in [-0.15, -0.1) is 0 Å². The van der Waals surface area contributed by atoms with Crippen molar-refractivity contribution in [3.63, 3.8) is 0 Å². The smallest absolute Gasteiger partial charge is 0.343 e. The third kappa shape index (κ3) is 2.48. The summed E-state index contributed by atoms with van der Waals surface area (Å²) < 4.78 is 16.6. The third-order valence-electron chi connectivity index (χ3n) is 5.78. The molecule has 0 bridgehead atoms. The zero-order chi connectivity index (χ0) is 22.3. The molecule has 0 amide bonds. The minimum absolute atomic E-state index is 0.0151. The predicted octanol–water partition coefficient (Wildman–Crippen LogP) is 2.78. The Hall–Kier alpha value is -3.65. The quantitative estimate of drug-likeness (QED) is 0.453. The molecule has 8 nitrogen and oxygen atoms in total. The number of esters is 1. The Bertz CT molecular complexity index is 1430. The third-order valence-corrected chi connectivity index (χ3v) is 5.78. The van der Waals surface area contributed by atoms with Crippen LogP contribution in [0.25, 0.3) is 28.0 Å². The maximum atomic E-state index is 13.2. The predicted molar refractivity (Wildman–Crippen MR) is 110 cm³/mol. The molecule has 1 aromatic heterocycles. The van der Waals surface area contributed by atoms with Crippen LogP contribution in [0.15, 0.2) is 33.5 Å². The normalized spacial score (nSPS) is 21.1. The Morgan fingerprint density at radius 1 is 1.19 bits per heavy atom. The van der Waals surface area contributed by atoms with E-state index in [1.165, 1.54) is 18.2 Å². The molecule has 5 rings (SSSR count). The summed E-state index contributed by atoms with van der Waals surface area (Å²) >= 11 is 0. The van der Waals surface area contributed by atoms with Crippen molar-refractivity contribution in [2.75, 3.05) is 7.11 Å². The summed E-state index contributed by atoms with van der Waals surface area (Å²) in [7, 11) is 1.11. The summed E-state index contributed by atoms with van der Waals surface area (Å²) in [4.78, 5) is 38.2. The van der Waals surface area contributed by atoms with Crippen molar-refractivity contribution < 1.29 is 33.7 Å². The van der Waals surface area contributed by atoms with Gasteiger partial charge in [0, 0.05) is 11.6 Å². The molecule has 0 radical (unpaired) electrons. The fraction of sp³-hybridized carbons (Fsp3) is 0.261. The lowest BCUT2D eigenvalue weighted by Crippen LogP contribution is -2.34. The molecule has 2 aromatic carbocycles. The molecule has 1 atom stereocenters. The number of phenolic OH excluding ortho intramolecular Hbond substituents is 1. The number of ether oxygens (including phenoxy) is 2. The fourth-order valence-corrected chi connectivity index (χ4v) is 4.30. The minimum Gasteiger partial charge on any atom is -0.507 e. The second-order valence-electron chi connectivity index (χ2n) is 8.30. The number of aliphatic hydroxyl groups is 1. The number of Topliss-reactive ketones (excluding diaryl/α,β-unsaturated/α-hetero) is 1. The highest BCUT2D eigenvalue weighted by atomic mass is 16.5. The molecular weight excluding hydrogens is 404 g/mol. The molecule has 2 aliphatic rings. The van der Waals surface area contributed by atoms with Crippen molar-refractivity contribution in [1.82, 2.24) is 0 Å². The van der Waals surface area contributed by atoms with Gasteiger partial charge >= 0.3 is 5.97 Å². The number of rotatable bonds is 1. The van der Waals surface area contributed by atoms with Gasteiger partial charge in [-0.25, -0.2) is 4.79 Å². The fourth-order valence-electron chi connectivity index (χ4n) is 4.30. The molecule has 1 aliphatic heterocycles. The molecule has 158 valence electrons. The molecule has 31 heavy (non-hydrogen) atoms. The van der Waals surface area contributed by atoms with Crippen LogP contribution in [-0.4, -0.2) is 34.7 Å². The second-order valence-corrected chi connectivity index (χ2v) is 8.30. The maximum Gasteiger partial charge on any atom is 0.343 e. The van der Waals surface area contributed by atoms with Gasteiger partial charge in [0.25, 0.3) is 0 Å². The molecule has 0 spiro atoms. The highest BCUT2D eigenvalue weighted by Gasteiger charge is 2.50. The Morgan fingerprint density at radius 2 is 1.94 bits per heavy atom. The number of carbonyl (C=O) groups is 2. The monoisotopic (exact) mass is 422 g/mol. The van der Waals surface area contributed by atoms with E-state index in [1.54, 1.807) is 12.2 Å². The van der Waals surface area contributed by atoms with E-state index < -0.39 is 34.8 Å². The summed E-state index contributed by atoms with van der Waals surface area (Å²) in [6, 6.07) is 4.06. The second kappa shape index (κ2) is 5.95. The standard InChI is InChI=1S/C23H18O8/c1-22(2)7-6-10-15(31-22)8-13(24)17-18(26)11-4-5-12-16(20(11)30-19(10)17)14(25)9-23(12,28)21(27)29-3/h4-8,24,28H,9H2,1-3H3. The van der Waals surface area contributed by atoms with Gasteiger partial charge in [-0.3, -0.25) is 9.59 Å². The summed E-state index contributed by atoms with van der Waals surface area (Å²) in [6.07, 6.45) is 2.99. The number of fused-ring (bicyclic) bond motifs is 6. The number of hydrogen-bond donors (Lipinski definition) is 2. The SMILES string of the molecule is COC(=O)C1(O)CC(=O)c2c1ccc1c(=O)c3c(O)cc4c(c3oc21)C=CC(C)(C)O4. The summed E-state index contributed by atoms with van der Waals surface area (Å²) in [5, 5.41) is 21.4. The van der Waals surface area contributed by atoms with Crippen molar-refractivity contribution in [2.24, 2.45) is 0 Å². The number of hydrogen-bond acceptors (Lipinski definition) is 8. The van der Waals surface area contributed by atoms with Gasteiger partial charge in [0.2, 0.25) is 5.43 Å². The van der Waals surface area contributed by atoms with Crippen molar-refractivity contribution in [2.45, 2.75) is 31.5 Å². The molecule has 0 saturated carbocycles. The number of phenols is 1. The van der Waals surface area contributed by atoms with Crippen LogP contribution in [0, 0.1) is 0 Å². The Balaban J connectivity index is 1.91. The molecule has 0 fully saturated rings. The van der Waals surface area contributed by atoms with Crippen molar-refractivity contribution in [3.8, 4) is 11.5 Å². The highest BCUT2D eigenvalue weighted by Crippen LogP contribution is 2.44. The highest BCUT2D eigenvalue weighted by molar-refractivity contribution is 6.15. The number of aromatic hydroxyl groups is 1. The van der Waals surface area contributed by atoms with Crippen LogP contribution < -0.4 is 10.2 Å². The van der Waals surface area contributed by atoms with E-state index in [0.29, 0.717) is 11.3 Å². The zero-order valence-electron chi connectivity index (χ0n) is 16.9. The molecule has 1 unspecified atom stereocenters. The lowest BCUT2D eigenvalue weighted by atomic mass is 9.94. The van der Waals surface area contributed by atoms with Gasteiger partial charge in [-0.05, 0) is 32.1 Å². The summed E-state index contributed by atoms with van der Waals surface area (Å²) in [5.41, 5.74) is -2.94. The molecule has 2 heterocycles. The van der Waals surface area contributed by atoms with E-state index in [0.717, 1.165) is 7.11 Å². The first-order chi connectivity index (χ1) is 14.6. The van der Waals surface area contributed by atoms with E-state index >= 15 is 0 Å². The van der Waals surface area contributed by atoms with Crippen LogP contribution in [0.4, 0.5) is 0 Å². The van der Waals surface area contributed by atoms with Crippen molar-refractivity contribution >= 4 is 39.8 Å². The first-order valence-electron chi connectivity index (χ1n) is 9.59. The van der Waals surface area contributed by atoms with Gasteiger partial charge < -0.3 is 24.1 Å². The van der Waals surface area contributed by atoms with Gasteiger partial charge in [-0.1, -0.05) is 6.07 Å². The minimum atomic E-state index is -2.16. The average Bonchev–Trinajstić information content (AvgIpc) is 2.97. The number of ketones is 1. The zero-order valence-corrected chi connectivity index (χ0v) is 16.9. The summed E-state index contributed by atoms with van der Waals surface area (Å²) in [6.45, 7) is 3.67. The van der Waals surface area contributed by atoms with E-state index in [2.05, 4.69) is 4.74 Å². The average molecular weight is 422 g/mol. The molecule has 1 aliphatic carbocycles. The van der Waals surface area contributed by atoms with Crippen LogP contribution >= 0.6 is 0 Å². The van der Waals surface area contributed by atoms with Crippen molar-refractivity contribution in [1.29, 1.82) is 0 Å². The first-order valence-corrected chi connectivity index (χ1v) is 9.59. The largest absolute Gasteiger partial charge is 0.507 e. The Labute approximate surface area is 175 Å². The van der Waals surface area contributed by atoms with Crippen LogP contribution in [0.2, 0.25) is 0 Å². The van der Waals surface area contributed by atoms with Crippen molar-refractivity contribution in [3.05, 3.63) is 51.2 Å². The molecule has 8 heteroatoms. The lowest BCUT2D eigenvalue weighted by molar-refractivity contribution is -0.162. The van der Waals surface area contributed by atoms with Crippen LogP contribution in [0.5, 0.6) is 11.5 Å². The number of carbonyl (C=O) groups excluding carboxylic acids is 2. The van der Waals surface area contributed by atoms with E-state index in [1.807, 2.05) is 13.8 Å². The van der Waals surface area contributed by atoms with Crippen LogP contribution in [0.1, 0.15) is 41.8 Å². The molecule has 0 saturated heterocycles. The molecular formula is C23H18O8. The maximum absolute atomic E-state index is 13.2. The Kier molecular flexibility index (Phi) is 3.71. The lowest BCUT2D eigenvalue weighted by Gasteiger charge is -2.28. The Morgan fingerprint density at radius 3 is 2.65 bits per heavy atom. The topological polar surface area (TPSA) is 123 Å². The molecule has 2 N–H and O–H groups in total.